The number of hydrogen-bond donors (Lipinski definition) is 0. The van der Waals surface area contributed by atoms with Crippen LogP contribution in [0.1, 0.15) is 53.0 Å². The fraction of sp³-hybridized carbons (Fsp3) is 0.667. The van der Waals surface area contributed by atoms with E-state index in [4.69, 9.17) is 0 Å². The number of sulfonamides is 1. The summed E-state index contributed by atoms with van der Waals surface area (Å²) in [5.41, 5.74) is 1.05. The Morgan fingerprint density at radius 3 is 2.06 bits per heavy atom. The number of benzene rings is 1. The second-order valence-electron chi connectivity index (χ2n) is 10.3. The third-order valence-corrected chi connectivity index (χ3v) is 8.40. The van der Waals surface area contributed by atoms with Crippen molar-refractivity contribution in [3.8, 4) is 0 Å². The van der Waals surface area contributed by atoms with E-state index in [9.17, 15) is 18.0 Å². The number of hydrogen-bond acceptors (Lipinski definition) is 4. The minimum Gasteiger partial charge on any atom is -0.342 e. The molecule has 1 unspecified atom stereocenters. The molecule has 2 amide bonds. The van der Waals surface area contributed by atoms with Crippen LogP contribution >= 0.6 is 0 Å². The molecule has 0 radical (unpaired) electrons. The molecule has 0 aliphatic carbocycles. The smallest absolute Gasteiger partial charge is 0.243 e. The average Bonchev–Trinajstić information content (AvgIpc) is 2.77. The van der Waals surface area contributed by atoms with E-state index in [1.165, 1.54) is 4.31 Å². The average molecular weight is 464 g/mol. The number of piperidine rings is 1. The predicted octanol–water partition coefficient (Wildman–Crippen LogP) is 2.71. The van der Waals surface area contributed by atoms with Crippen molar-refractivity contribution >= 4 is 21.8 Å². The molecule has 32 heavy (non-hydrogen) atoms. The van der Waals surface area contributed by atoms with Gasteiger partial charge in [0, 0.05) is 45.2 Å². The molecule has 8 heteroatoms. The normalized spacial score (nSPS) is 21.1. The van der Waals surface area contributed by atoms with Crippen molar-refractivity contribution in [1.82, 2.24) is 14.1 Å². The van der Waals surface area contributed by atoms with Gasteiger partial charge in [-0.25, -0.2) is 8.42 Å². The molecule has 0 spiro atoms. The highest BCUT2D eigenvalue weighted by atomic mass is 32.2. The Bertz CT molecular complexity index is 927. The highest BCUT2D eigenvalue weighted by Gasteiger charge is 2.35. The second kappa shape index (κ2) is 9.51. The highest BCUT2D eigenvalue weighted by molar-refractivity contribution is 7.89. The summed E-state index contributed by atoms with van der Waals surface area (Å²) in [6, 6.07) is 7.10. The monoisotopic (exact) mass is 463 g/mol. The van der Waals surface area contributed by atoms with Crippen LogP contribution in [0, 0.1) is 11.8 Å². The fourth-order valence-corrected chi connectivity index (χ4v) is 5.85. The van der Waals surface area contributed by atoms with Gasteiger partial charge in [-0.15, -0.1) is 0 Å². The first-order valence-electron chi connectivity index (χ1n) is 11.6. The first kappa shape index (κ1) is 24.7. The third kappa shape index (κ3) is 5.34. The van der Waals surface area contributed by atoms with E-state index in [0.29, 0.717) is 31.1 Å². The summed E-state index contributed by atoms with van der Waals surface area (Å²) in [4.78, 5) is 29.3. The summed E-state index contributed by atoms with van der Waals surface area (Å²) in [5.74, 6) is -0.136. The van der Waals surface area contributed by atoms with Crippen LogP contribution in [0.5, 0.6) is 0 Å². The van der Waals surface area contributed by atoms with Crippen LogP contribution < -0.4 is 0 Å². The molecule has 3 rings (SSSR count). The van der Waals surface area contributed by atoms with Crippen molar-refractivity contribution in [2.45, 2.75) is 57.8 Å². The van der Waals surface area contributed by atoms with E-state index in [0.717, 1.165) is 18.4 Å². The van der Waals surface area contributed by atoms with Crippen molar-refractivity contribution in [2.75, 3.05) is 39.3 Å². The van der Waals surface area contributed by atoms with Crippen molar-refractivity contribution in [3.63, 3.8) is 0 Å². The van der Waals surface area contributed by atoms with Crippen molar-refractivity contribution in [3.05, 3.63) is 29.8 Å². The lowest BCUT2D eigenvalue weighted by molar-refractivity contribution is -0.143. The van der Waals surface area contributed by atoms with Crippen LogP contribution in [-0.2, 0) is 25.0 Å². The molecule has 178 valence electrons. The van der Waals surface area contributed by atoms with Crippen LogP contribution in [0.15, 0.2) is 29.2 Å². The predicted molar refractivity (Wildman–Crippen MR) is 125 cm³/mol. The molecule has 1 aromatic rings. The molecule has 0 N–H and O–H groups in total. The van der Waals surface area contributed by atoms with Crippen LogP contribution in [0.3, 0.4) is 0 Å². The van der Waals surface area contributed by atoms with Gasteiger partial charge in [-0.1, -0.05) is 46.8 Å². The Balaban J connectivity index is 1.60. The molecule has 1 atom stereocenters. The zero-order chi connectivity index (χ0) is 23.7. The number of likely N-dealkylation sites (tertiary alicyclic amines) is 1. The lowest BCUT2D eigenvalue weighted by atomic mass is 9.87. The Morgan fingerprint density at radius 1 is 0.938 bits per heavy atom. The molecule has 2 saturated heterocycles. The lowest BCUT2D eigenvalue weighted by Gasteiger charge is -2.39. The van der Waals surface area contributed by atoms with Crippen molar-refractivity contribution in [2.24, 2.45) is 11.8 Å². The van der Waals surface area contributed by atoms with Crippen molar-refractivity contribution in [1.29, 1.82) is 0 Å². The van der Waals surface area contributed by atoms with Gasteiger partial charge in [0.25, 0.3) is 0 Å². The van der Waals surface area contributed by atoms with Gasteiger partial charge in [-0.05, 0) is 36.0 Å². The van der Waals surface area contributed by atoms with E-state index in [1.54, 1.807) is 21.9 Å². The van der Waals surface area contributed by atoms with Gasteiger partial charge in [0.2, 0.25) is 21.8 Å². The van der Waals surface area contributed by atoms with Gasteiger partial charge in [-0.3, -0.25) is 9.59 Å². The second-order valence-corrected chi connectivity index (χ2v) is 12.2. The maximum atomic E-state index is 13.1. The standard InChI is InChI=1S/C24H37N3O4S/c1-18(2)22(28)26-12-6-7-19(17-26)23(29)25-13-15-27(16-14-25)32(30,31)21-10-8-20(9-11-21)24(3,4)5/h8-11,18-19H,6-7,12-17H2,1-5H3. The fourth-order valence-electron chi connectivity index (χ4n) is 4.43. The molecular weight excluding hydrogens is 426 g/mol. The van der Waals surface area contributed by atoms with E-state index in [-0.39, 0.29) is 42.2 Å². The van der Waals surface area contributed by atoms with Crippen LogP contribution in [-0.4, -0.2) is 73.6 Å². The van der Waals surface area contributed by atoms with E-state index in [2.05, 4.69) is 20.8 Å². The van der Waals surface area contributed by atoms with Gasteiger partial charge in [0.1, 0.15) is 0 Å². The summed E-state index contributed by atoms with van der Waals surface area (Å²) < 4.78 is 27.6. The largest absolute Gasteiger partial charge is 0.342 e. The zero-order valence-electron chi connectivity index (χ0n) is 20.0. The molecule has 2 fully saturated rings. The van der Waals surface area contributed by atoms with Crippen LogP contribution in [0.2, 0.25) is 0 Å². The minimum absolute atomic E-state index is 0.0389. The molecule has 0 bridgehead atoms. The Labute approximate surface area is 192 Å². The van der Waals surface area contributed by atoms with Gasteiger partial charge in [-0.2, -0.15) is 4.31 Å². The van der Waals surface area contributed by atoms with Gasteiger partial charge < -0.3 is 9.80 Å². The third-order valence-electron chi connectivity index (χ3n) is 6.48. The molecule has 7 nitrogen and oxygen atoms in total. The first-order valence-corrected chi connectivity index (χ1v) is 13.0. The minimum atomic E-state index is -3.59. The van der Waals surface area contributed by atoms with Crippen molar-refractivity contribution < 1.29 is 18.0 Å². The summed E-state index contributed by atoms with van der Waals surface area (Å²) in [5, 5.41) is 0. The topological polar surface area (TPSA) is 78.0 Å². The molecule has 2 aliphatic heterocycles. The maximum Gasteiger partial charge on any atom is 0.243 e. The quantitative estimate of drug-likeness (QED) is 0.688. The number of rotatable bonds is 4. The van der Waals surface area contributed by atoms with Crippen LogP contribution in [0.4, 0.5) is 0 Å². The summed E-state index contributed by atoms with van der Waals surface area (Å²) in [6.07, 6.45) is 1.60. The number of piperazine rings is 1. The van der Waals surface area contributed by atoms with E-state index >= 15 is 0 Å². The first-order chi connectivity index (χ1) is 14.9. The van der Waals surface area contributed by atoms with Gasteiger partial charge >= 0.3 is 0 Å². The number of amides is 2. The summed E-state index contributed by atoms with van der Waals surface area (Å²) >= 11 is 0. The van der Waals surface area contributed by atoms with E-state index in [1.807, 2.05) is 26.0 Å². The van der Waals surface area contributed by atoms with Gasteiger partial charge in [0.05, 0.1) is 10.8 Å². The van der Waals surface area contributed by atoms with Gasteiger partial charge in [0.15, 0.2) is 0 Å². The lowest BCUT2D eigenvalue weighted by Crippen LogP contribution is -2.54. The number of carbonyl (C=O) groups is 2. The Morgan fingerprint density at radius 2 is 1.53 bits per heavy atom. The number of nitrogens with zero attached hydrogens (tertiary/aromatic N) is 3. The van der Waals surface area contributed by atoms with Crippen LogP contribution in [0.25, 0.3) is 0 Å². The highest BCUT2D eigenvalue weighted by Crippen LogP contribution is 2.26. The molecule has 0 aromatic heterocycles. The molecule has 0 saturated carbocycles. The summed E-state index contributed by atoms with van der Waals surface area (Å²) in [7, 11) is -3.59. The molecule has 2 aliphatic rings. The molecule has 2 heterocycles. The Hall–Kier alpha value is -1.93. The molecule has 1 aromatic carbocycles. The van der Waals surface area contributed by atoms with E-state index < -0.39 is 10.0 Å². The summed E-state index contributed by atoms with van der Waals surface area (Å²) in [6.45, 7) is 12.6. The SMILES string of the molecule is CC(C)C(=O)N1CCCC(C(=O)N2CCN(S(=O)(=O)c3ccc(C(C)(C)C)cc3)CC2)C1. The Kier molecular flexibility index (Phi) is 7.34. The molecular formula is C24H37N3O4S. The maximum absolute atomic E-state index is 13.1. The number of carbonyl (C=O) groups excluding carboxylic acids is 2. The zero-order valence-corrected chi connectivity index (χ0v) is 20.8.